The molecule has 7 heteroatoms. The van der Waals surface area contributed by atoms with Crippen molar-refractivity contribution in [2.45, 2.75) is 25.8 Å². The number of benzene rings is 1. The molecular weight excluding hydrogens is 328 g/mol. The van der Waals surface area contributed by atoms with Gasteiger partial charge in [-0.2, -0.15) is 5.10 Å². The first-order valence-electron chi connectivity index (χ1n) is 8.73. The molecular formula is C19H20N6O. The van der Waals surface area contributed by atoms with Crippen molar-refractivity contribution in [1.29, 1.82) is 0 Å². The fourth-order valence-corrected chi connectivity index (χ4v) is 3.44. The van der Waals surface area contributed by atoms with Crippen molar-refractivity contribution in [3.63, 3.8) is 0 Å². The lowest BCUT2D eigenvalue weighted by molar-refractivity contribution is 0.180. The summed E-state index contributed by atoms with van der Waals surface area (Å²) in [5.41, 5.74) is 3.19. The van der Waals surface area contributed by atoms with E-state index in [1.165, 1.54) is 11.1 Å². The number of amides is 2. The molecule has 7 nitrogen and oxygen atoms in total. The molecule has 0 unspecified atom stereocenters. The molecule has 132 valence electrons. The van der Waals surface area contributed by atoms with Gasteiger partial charge in [-0.05, 0) is 30.0 Å². The topological polar surface area (TPSA) is 75.9 Å². The van der Waals surface area contributed by atoms with Gasteiger partial charge in [0.15, 0.2) is 0 Å². The third kappa shape index (κ3) is 3.03. The average Bonchev–Trinajstić information content (AvgIpc) is 3.16. The van der Waals surface area contributed by atoms with Crippen molar-refractivity contribution in [2.24, 2.45) is 0 Å². The van der Waals surface area contributed by atoms with Crippen molar-refractivity contribution in [2.75, 3.05) is 11.9 Å². The average molecular weight is 348 g/mol. The Balaban J connectivity index is 1.51. The van der Waals surface area contributed by atoms with Gasteiger partial charge in [-0.3, -0.25) is 0 Å². The molecule has 1 atom stereocenters. The van der Waals surface area contributed by atoms with Crippen molar-refractivity contribution in [3.05, 3.63) is 66.2 Å². The highest BCUT2D eigenvalue weighted by molar-refractivity contribution is 5.89. The van der Waals surface area contributed by atoms with E-state index in [0.29, 0.717) is 18.2 Å². The molecule has 26 heavy (non-hydrogen) atoms. The predicted octanol–water partition coefficient (Wildman–Crippen LogP) is 3.20. The Kier molecular flexibility index (Phi) is 4.35. The van der Waals surface area contributed by atoms with Crippen LogP contribution in [0.3, 0.4) is 0 Å². The zero-order valence-electron chi connectivity index (χ0n) is 14.5. The summed E-state index contributed by atoms with van der Waals surface area (Å²) in [7, 11) is 0. The second kappa shape index (κ2) is 6.95. The molecule has 4 rings (SSSR count). The largest absolute Gasteiger partial charge is 0.322 e. The Morgan fingerprint density at radius 1 is 1.23 bits per heavy atom. The Bertz CT molecular complexity index is 907. The number of nitrogens with zero attached hydrogens (tertiary/aromatic N) is 5. The van der Waals surface area contributed by atoms with Crippen LogP contribution in [0.1, 0.15) is 30.5 Å². The van der Waals surface area contributed by atoms with Gasteiger partial charge in [0.1, 0.15) is 0 Å². The maximum Gasteiger partial charge on any atom is 0.322 e. The monoisotopic (exact) mass is 348 g/mol. The normalized spacial score (nSPS) is 16.2. The number of carbonyl (C=O) groups is 1. The van der Waals surface area contributed by atoms with E-state index in [0.717, 1.165) is 12.8 Å². The minimum atomic E-state index is -0.111. The number of hydrogen-bond acceptors (Lipinski definition) is 4. The number of aromatic nitrogens is 4. The molecule has 1 N–H and O–H groups in total. The number of fused-ring (bicyclic) bond motifs is 1. The standard InChI is InChI=1S/C19H20N6O/c1-2-17-16-7-4-3-6-14(16)8-11-24(17)19(26)23-15-12-22-25(13-15)18-20-9-5-10-21-18/h3-7,9-10,12-13,17H,2,8,11H2,1H3,(H,23,26)/t17-/m1/s1. The molecule has 1 aliphatic rings. The van der Waals surface area contributed by atoms with Gasteiger partial charge in [0.25, 0.3) is 0 Å². The minimum Gasteiger partial charge on any atom is -0.317 e. The summed E-state index contributed by atoms with van der Waals surface area (Å²) < 4.78 is 1.54. The van der Waals surface area contributed by atoms with Gasteiger partial charge in [0, 0.05) is 18.9 Å². The van der Waals surface area contributed by atoms with Crippen LogP contribution in [0.4, 0.5) is 10.5 Å². The lowest BCUT2D eigenvalue weighted by Gasteiger charge is -2.36. The number of rotatable bonds is 3. The van der Waals surface area contributed by atoms with Crippen molar-refractivity contribution in [1.82, 2.24) is 24.6 Å². The summed E-state index contributed by atoms with van der Waals surface area (Å²) in [5, 5.41) is 7.16. The molecule has 0 saturated heterocycles. The first kappa shape index (κ1) is 16.3. The number of carbonyl (C=O) groups excluding carboxylic acids is 1. The van der Waals surface area contributed by atoms with Gasteiger partial charge in [-0.1, -0.05) is 31.2 Å². The zero-order chi connectivity index (χ0) is 17.9. The second-order valence-corrected chi connectivity index (χ2v) is 6.22. The van der Waals surface area contributed by atoms with E-state index in [-0.39, 0.29) is 12.1 Å². The molecule has 1 aromatic carbocycles. The fourth-order valence-electron chi connectivity index (χ4n) is 3.44. The lowest BCUT2D eigenvalue weighted by Crippen LogP contribution is -2.42. The van der Waals surface area contributed by atoms with E-state index in [2.05, 4.69) is 45.5 Å². The summed E-state index contributed by atoms with van der Waals surface area (Å²) in [5.74, 6) is 0.464. The van der Waals surface area contributed by atoms with Crippen LogP contribution in [0.5, 0.6) is 0 Å². The summed E-state index contributed by atoms with van der Waals surface area (Å²) in [4.78, 5) is 23.0. The second-order valence-electron chi connectivity index (χ2n) is 6.22. The molecule has 3 aromatic rings. The number of urea groups is 1. The van der Waals surface area contributed by atoms with Gasteiger partial charge >= 0.3 is 6.03 Å². The molecule has 0 radical (unpaired) electrons. The molecule has 0 aliphatic carbocycles. The van der Waals surface area contributed by atoms with Crippen LogP contribution in [-0.4, -0.2) is 37.2 Å². The molecule has 0 spiro atoms. The fraction of sp³-hybridized carbons (Fsp3) is 0.263. The highest BCUT2D eigenvalue weighted by Gasteiger charge is 2.29. The third-order valence-corrected chi connectivity index (χ3v) is 4.65. The zero-order valence-corrected chi connectivity index (χ0v) is 14.5. The van der Waals surface area contributed by atoms with E-state index < -0.39 is 0 Å². The van der Waals surface area contributed by atoms with Gasteiger partial charge < -0.3 is 10.2 Å². The van der Waals surface area contributed by atoms with Gasteiger partial charge in [0.05, 0.1) is 24.1 Å². The number of anilines is 1. The van der Waals surface area contributed by atoms with E-state index in [1.54, 1.807) is 35.5 Å². The highest BCUT2D eigenvalue weighted by atomic mass is 16.2. The van der Waals surface area contributed by atoms with Crippen LogP contribution in [-0.2, 0) is 6.42 Å². The summed E-state index contributed by atoms with van der Waals surface area (Å²) in [6.07, 6.45) is 8.37. The van der Waals surface area contributed by atoms with Crippen LogP contribution >= 0.6 is 0 Å². The van der Waals surface area contributed by atoms with E-state index in [1.807, 2.05) is 11.0 Å². The van der Waals surface area contributed by atoms with Crippen LogP contribution < -0.4 is 5.32 Å². The van der Waals surface area contributed by atoms with Crippen LogP contribution in [0.2, 0.25) is 0 Å². The van der Waals surface area contributed by atoms with Gasteiger partial charge in [0.2, 0.25) is 5.95 Å². The third-order valence-electron chi connectivity index (χ3n) is 4.65. The molecule has 3 heterocycles. The first-order valence-corrected chi connectivity index (χ1v) is 8.73. The van der Waals surface area contributed by atoms with Crippen LogP contribution in [0.15, 0.2) is 55.1 Å². The minimum absolute atomic E-state index is 0.0902. The first-order chi connectivity index (χ1) is 12.8. The summed E-state index contributed by atoms with van der Waals surface area (Å²) in [6, 6.07) is 10.1. The summed E-state index contributed by atoms with van der Waals surface area (Å²) in [6.45, 7) is 2.81. The Labute approximate surface area is 151 Å². The summed E-state index contributed by atoms with van der Waals surface area (Å²) >= 11 is 0. The predicted molar refractivity (Wildman–Crippen MR) is 98.1 cm³/mol. The van der Waals surface area contributed by atoms with E-state index in [4.69, 9.17) is 0 Å². The maximum absolute atomic E-state index is 12.8. The quantitative estimate of drug-likeness (QED) is 0.788. The van der Waals surface area contributed by atoms with E-state index in [9.17, 15) is 4.79 Å². The van der Waals surface area contributed by atoms with Gasteiger partial charge in [-0.25, -0.2) is 19.4 Å². The SMILES string of the molecule is CC[C@@H]1c2ccccc2CCN1C(=O)Nc1cnn(-c2ncccn2)c1. The smallest absolute Gasteiger partial charge is 0.317 e. The number of hydrogen-bond donors (Lipinski definition) is 1. The molecule has 0 bridgehead atoms. The Morgan fingerprint density at radius 3 is 2.85 bits per heavy atom. The van der Waals surface area contributed by atoms with Crippen LogP contribution in [0, 0.1) is 0 Å². The molecule has 0 saturated carbocycles. The highest BCUT2D eigenvalue weighted by Crippen LogP contribution is 2.32. The van der Waals surface area contributed by atoms with Gasteiger partial charge in [-0.15, -0.1) is 0 Å². The van der Waals surface area contributed by atoms with Crippen LogP contribution in [0.25, 0.3) is 5.95 Å². The Morgan fingerprint density at radius 2 is 2.04 bits per heavy atom. The molecule has 1 aliphatic heterocycles. The molecule has 2 aromatic heterocycles. The van der Waals surface area contributed by atoms with Crippen molar-refractivity contribution in [3.8, 4) is 5.95 Å². The maximum atomic E-state index is 12.8. The van der Waals surface area contributed by atoms with Crippen molar-refractivity contribution < 1.29 is 4.79 Å². The van der Waals surface area contributed by atoms with Crippen molar-refractivity contribution >= 4 is 11.7 Å². The lowest BCUT2D eigenvalue weighted by atomic mass is 9.91. The molecule has 0 fully saturated rings. The Hall–Kier alpha value is -3.22. The molecule has 2 amide bonds. The van der Waals surface area contributed by atoms with E-state index >= 15 is 0 Å². The number of nitrogens with one attached hydrogen (secondary N) is 1.